The van der Waals surface area contributed by atoms with Gasteiger partial charge in [0.25, 0.3) is 0 Å². The summed E-state index contributed by atoms with van der Waals surface area (Å²) in [6.45, 7) is 1.76. The van der Waals surface area contributed by atoms with Crippen LogP contribution < -0.4 is 5.32 Å². The summed E-state index contributed by atoms with van der Waals surface area (Å²) in [7, 11) is 0. The average Bonchev–Trinajstić information content (AvgIpc) is 2.11. The lowest BCUT2D eigenvalue weighted by atomic mass is 10.2. The van der Waals surface area contributed by atoms with Crippen molar-refractivity contribution in [2.45, 2.75) is 13.0 Å². The topological polar surface area (TPSA) is 12.0 Å². The molecule has 0 amide bonds. The summed E-state index contributed by atoms with van der Waals surface area (Å²) in [6.07, 6.45) is 5.14. The van der Waals surface area contributed by atoms with Crippen LogP contribution in [0.1, 0.15) is 6.92 Å². The molecule has 1 aromatic rings. The highest BCUT2D eigenvalue weighted by Crippen LogP contribution is 2.19. The highest BCUT2D eigenvalue weighted by atomic mass is 35.5. The first-order chi connectivity index (χ1) is 6.13. The van der Waals surface area contributed by atoms with Crippen LogP contribution in [0.3, 0.4) is 0 Å². The van der Waals surface area contributed by atoms with Gasteiger partial charge in [-0.2, -0.15) is 0 Å². The van der Waals surface area contributed by atoms with E-state index in [1.807, 2.05) is 0 Å². The summed E-state index contributed by atoms with van der Waals surface area (Å²) in [6, 6.07) is 4.08. The van der Waals surface area contributed by atoms with E-state index in [0.717, 1.165) is 0 Å². The molecular weight excluding hydrogens is 189 g/mol. The Morgan fingerprint density at radius 1 is 1.62 bits per heavy atom. The number of halogens is 2. The standard InChI is InChI=1S/C10H9ClFN/c1-3-7(2)13-10-6-8(11)4-5-9(10)12/h1,4-7,13H,2H3. The monoisotopic (exact) mass is 197 g/mol. The van der Waals surface area contributed by atoms with Gasteiger partial charge in [0.2, 0.25) is 0 Å². The summed E-state index contributed by atoms with van der Waals surface area (Å²) in [5.74, 6) is 2.08. The van der Waals surface area contributed by atoms with Crippen molar-refractivity contribution in [1.82, 2.24) is 0 Å². The second-order valence-electron chi connectivity index (χ2n) is 2.66. The first-order valence-electron chi connectivity index (χ1n) is 3.81. The Labute approximate surface area is 81.9 Å². The lowest BCUT2D eigenvalue weighted by molar-refractivity contribution is 0.629. The van der Waals surface area contributed by atoms with Gasteiger partial charge < -0.3 is 5.32 Å². The first-order valence-corrected chi connectivity index (χ1v) is 4.19. The number of benzene rings is 1. The average molecular weight is 198 g/mol. The van der Waals surface area contributed by atoms with Crippen molar-refractivity contribution in [3.8, 4) is 12.3 Å². The van der Waals surface area contributed by atoms with Crippen LogP contribution in [0.4, 0.5) is 10.1 Å². The molecule has 0 aliphatic carbocycles. The Kier molecular flexibility index (Phi) is 3.16. The molecule has 13 heavy (non-hydrogen) atoms. The van der Waals surface area contributed by atoms with E-state index in [1.54, 1.807) is 6.92 Å². The van der Waals surface area contributed by atoms with Gasteiger partial charge >= 0.3 is 0 Å². The molecule has 0 aliphatic heterocycles. The largest absolute Gasteiger partial charge is 0.369 e. The maximum absolute atomic E-state index is 13.1. The van der Waals surface area contributed by atoms with Crippen LogP contribution in [-0.4, -0.2) is 6.04 Å². The van der Waals surface area contributed by atoms with E-state index in [0.29, 0.717) is 10.7 Å². The van der Waals surface area contributed by atoms with Gasteiger partial charge in [-0.3, -0.25) is 0 Å². The normalized spacial score (nSPS) is 11.8. The van der Waals surface area contributed by atoms with Crippen LogP contribution in [0, 0.1) is 18.2 Å². The van der Waals surface area contributed by atoms with Crippen molar-refractivity contribution in [2.24, 2.45) is 0 Å². The molecule has 1 rings (SSSR count). The third kappa shape index (κ3) is 2.64. The van der Waals surface area contributed by atoms with Gasteiger partial charge in [0.15, 0.2) is 0 Å². The molecule has 0 saturated carbocycles. The number of terminal acetylenes is 1. The molecule has 3 heteroatoms. The minimum atomic E-state index is -0.355. The highest BCUT2D eigenvalue weighted by molar-refractivity contribution is 6.30. The van der Waals surface area contributed by atoms with Crippen molar-refractivity contribution in [2.75, 3.05) is 5.32 Å². The third-order valence-corrected chi connectivity index (χ3v) is 1.79. The predicted octanol–water partition coefficient (Wildman–Crippen LogP) is 2.91. The van der Waals surface area contributed by atoms with Crippen LogP contribution >= 0.6 is 11.6 Å². The van der Waals surface area contributed by atoms with E-state index in [-0.39, 0.29) is 11.9 Å². The maximum atomic E-state index is 13.1. The predicted molar refractivity (Wildman–Crippen MR) is 53.3 cm³/mol. The SMILES string of the molecule is C#CC(C)Nc1cc(Cl)ccc1F. The van der Waals surface area contributed by atoms with Gasteiger partial charge in [-0.15, -0.1) is 6.42 Å². The summed E-state index contributed by atoms with van der Waals surface area (Å²) in [4.78, 5) is 0. The Morgan fingerprint density at radius 3 is 2.92 bits per heavy atom. The fourth-order valence-corrected chi connectivity index (χ4v) is 1.06. The summed E-state index contributed by atoms with van der Waals surface area (Å²) in [5, 5.41) is 3.28. The van der Waals surface area contributed by atoms with Crippen LogP contribution in [0.5, 0.6) is 0 Å². The molecular formula is C10H9ClFN. The number of nitrogens with one attached hydrogen (secondary N) is 1. The van der Waals surface area contributed by atoms with E-state index in [1.165, 1.54) is 18.2 Å². The Morgan fingerprint density at radius 2 is 2.31 bits per heavy atom. The van der Waals surface area contributed by atoms with Crippen LogP contribution in [0.15, 0.2) is 18.2 Å². The minimum Gasteiger partial charge on any atom is -0.369 e. The highest BCUT2D eigenvalue weighted by Gasteiger charge is 2.04. The van der Waals surface area contributed by atoms with Crippen molar-refractivity contribution < 1.29 is 4.39 Å². The molecule has 0 bridgehead atoms. The van der Waals surface area contributed by atoms with Gasteiger partial charge in [0.1, 0.15) is 5.82 Å². The van der Waals surface area contributed by atoms with E-state index in [4.69, 9.17) is 18.0 Å². The van der Waals surface area contributed by atoms with Gasteiger partial charge in [-0.1, -0.05) is 17.5 Å². The zero-order chi connectivity index (χ0) is 9.84. The molecule has 0 saturated heterocycles. The molecule has 68 valence electrons. The Balaban J connectivity index is 2.88. The van der Waals surface area contributed by atoms with Crippen molar-refractivity contribution >= 4 is 17.3 Å². The molecule has 0 radical (unpaired) electrons. The number of anilines is 1. The Hall–Kier alpha value is -1.20. The number of hydrogen-bond donors (Lipinski definition) is 1. The zero-order valence-electron chi connectivity index (χ0n) is 7.14. The Bertz CT molecular complexity index is 343. The molecule has 1 aromatic carbocycles. The molecule has 0 aliphatic rings. The van der Waals surface area contributed by atoms with E-state index in [2.05, 4.69) is 11.2 Å². The molecule has 0 spiro atoms. The molecule has 1 unspecified atom stereocenters. The molecule has 0 heterocycles. The van der Waals surface area contributed by atoms with Crippen LogP contribution in [0.2, 0.25) is 5.02 Å². The maximum Gasteiger partial charge on any atom is 0.146 e. The molecule has 1 atom stereocenters. The fourth-order valence-electron chi connectivity index (χ4n) is 0.883. The summed E-state index contributed by atoms with van der Waals surface area (Å²) < 4.78 is 13.1. The second kappa shape index (κ2) is 4.15. The molecule has 1 N–H and O–H groups in total. The van der Waals surface area contributed by atoms with Crippen molar-refractivity contribution in [1.29, 1.82) is 0 Å². The molecule has 0 aromatic heterocycles. The van der Waals surface area contributed by atoms with Crippen molar-refractivity contribution in [3.63, 3.8) is 0 Å². The zero-order valence-corrected chi connectivity index (χ0v) is 7.90. The van der Waals surface area contributed by atoms with Gasteiger partial charge in [0, 0.05) is 5.02 Å². The van der Waals surface area contributed by atoms with Gasteiger partial charge in [0.05, 0.1) is 11.7 Å². The summed E-state index contributed by atoms with van der Waals surface area (Å²) >= 11 is 5.69. The van der Waals surface area contributed by atoms with Crippen molar-refractivity contribution in [3.05, 3.63) is 29.0 Å². The summed E-state index contributed by atoms with van der Waals surface area (Å²) in [5.41, 5.74) is 0.331. The number of rotatable bonds is 2. The lowest BCUT2D eigenvalue weighted by Crippen LogP contribution is -2.12. The van der Waals surface area contributed by atoms with E-state index < -0.39 is 0 Å². The first kappa shape index (κ1) is 9.88. The van der Waals surface area contributed by atoms with E-state index in [9.17, 15) is 4.39 Å². The van der Waals surface area contributed by atoms with Gasteiger partial charge in [-0.25, -0.2) is 4.39 Å². The second-order valence-corrected chi connectivity index (χ2v) is 3.09. The third-order valence-electron chi connectivity index (χ3n) is 1.55. The molecule has 1 nitrogen and oxygen atoms in total. The molecule has 0 fully saturated rings. The fraction of sp³-hybridized carbons (Fsp3) is 0.200. The quantitative estimate of drug-likeness (QED) is 0.719. The smallest absolute Gasteiger partial charge is 0.146 e. The minimum absolute atomic E-state index is 0.215. The van der Waals surface area contributed by atoms with Gasteiger partial charge in [-0.05, 0) is 25.1 Å². The lowest BCUT2D eigenvalue weighted by Gasteiger charge is -2.09. The number of hydrogen-bond acceptors (Lipinski definition) is 1. The van der Waals surface area contributed by atoms with Crippen LogP contribution in [0.25, 0.3) is 0 Å². The van der Waals surface area contributed by atoms with E-state index >= 15 is 0 Å². The van der Waals surface area contributed by atoms with Crippen LogP contribution in [-0.2, 0) is 0 Å².